The highest BCUT2D eigenvalue weighted by atomic mass is 32.2. The van der Waals surface area contributed by atoms with Crippen LogP contribution in [0.5, 0.6) is 0 Å². The van der Waals surface area contributed by atoms with E-state index < -0.39 is 14.8 Å². The van der Waals surface area contributed by atoms with Gasteiger partial charge < -0.3 is 0 Å². The Morgan fingerprint density at radius 3 is 2.53 bits per heavy atom. The summed E-state index contributed by atoms with van der Waals surface area (Å²) in [6, 6.07) is -0.230. The third-order valence-electron chi connectivity index (χ3n) is 3.17. The molecule has 1 saturated heterocycles. The topological polar surface area (TPSA) is 95.1 Å². The summed E-state index contributed by atoms with van der Waals surface area (Å²) in [7, 11) is -2.94. The fraction of sp³-hybridized carbons (Fsp3) is 0.667. The molecular formula is C9H11N3O4S. The van der Waals surface area contributed by atoms with E-state index in [1.54, 1.807) is 0 Å². The zero-order chi connectivity index (χ0) is 12.2. The van der Waals surface area contributed by atoms with Crippen molar-refractivity contribution in [3.8, 4) is 0 Å². The van der Waals surface area contributed by atoms with Crippen LogP contribution in [0.4, 0.5) is 5.69 Å². The summed E-state index contributed by atoms with van der Waals surface area (Å²) in [6.45, 7) is 0. The van der Waals surface area contributed by atoms with Crippen molar-refractivity contribution in [2.24, 2.45) is 0 Å². The van der Waals surface area contributed by atoms with Gasteiger partial charge in [0.05, 0.1) is 22.5 Å². The van der Waals surface area contributed by atoms with E-state index in [4.69, 9.17) is 0 Å². The largest absolute Gasteiger partial charge is 0.310 e. The number of sulfone groups is 1. The molecule has 2 aliphatic rings. The molecular weight excluding hydrogens is 246 g/mol. The van der Waals surface area contributed by atoms with E-state index in [1.165, 1.54) is 10.9 Å². The molecule has 1 aliphatic carbocycles. The van der Waals surface area contributed by atoms with Crippen molar-refractivity contribution in [3.63, 3.8) is 0 Å². The van der Waals surface area contributed by atoms with E-state index >= 15 is 0 Å². The van der Waals surface area contributed by atoms with E-state index in [9.17, 15) is 18.5 Å². The molecule has 1 saturated carbocycles. The fourth-order valence-electron chi connectivity index (χ4n) is 2.06. The van der Waals surface area contributed by atoms with Gasteiger partial charge in [-0.1, -0.05) is 0 Å². The van der Waals surface area contributed by atoms with Crippen LogP contribution in [-0.4, -0.2) is 34.6 Å². The van der Waals surface area contributed by atoms with Crippen molar-refractivity contribution < 1.29 is 13.3 Å². The summed E-state index contributed by atoms with van der Waals surface area (Å²) >= 11 is 0. The first-order valence-electron chi connectivity index (χ1n) is 5.40. The molecule has 8 heteroatoms. The number of nitrogens with zero attached hydrogens (tertiary/aromatic N) is 3. The summed E-state index contributed by atoms with van der Waals surface area (Å²) in [6.07, 6.45) is 3.23. The van der Waals surface area contributed by atoms with Gasteiger partial charge in [-0.15, -0.1) is 0 Å². The van der Waals surface area contributed by atoms with E-state index in [1.807, 2.05) is 0 Å². The quantitative estimate of drug-likeness (QED) is 0.585. The molecule has 3 rings (SSSR count). The van der Waals surface area contributed by atoms with Gasteiger partial charge >= 0.3 is 5.69 Å². The van der Waals surface area contributed by atoms with Crippen molar-refractivity contribution in [2.75, 3.05) is 11.5 Å². The number of hydrogen-bond acceptors (Lipinski definition) is 5. The predicted octanol–water partition coefficient (Wildman–Crippen LogP) is 0.638. The minimum absolute atomic E-state index is 0.0248. The standard InChI is InChI=1S/C9H11N3O4S/c13-12(14)8-3-11(7-4-17(15,16)5-7)10-9(8)6-1-2-6/h3,6-7H,1-2,4-5H2. The average Bonchev–Trinajstić information content (AvgIpc) is 2.93. The Labute approximate surface area is 97.5 Å². The molecule has 2 heterocycles. The van der Waals surface area contributed by atoms with Crippen LogP contribution in [-0.2, 0) is 9.84 Å². The monoisotopic (exact) mass is 257 g/mol. The van der Waals surface area contributed by atoms with E-state index in [0.717, 1.165) is 12.8 Å². The molecule has 0 N–H and O–H groups in total. The van der Waals surface area contributed by atoms with Crippen molar-refractivity contribution in [3.05, 3.63) is 22.0 Å². The van der Waals surface area contributed by atoms with Crippen molar-refractivity contribution >= 4 is 15.5 Å². The lowest BCUT2D eigenvalue weighted by atomic mass is 10.3. The highest BCUT2D eigenvalue weighted by molar-refractivity contribution is 7.92. The molecule has 1 aromatic rings. The van der Waals surface area contributed by atoms with Gasteiger partial charge in [-0.05, 0) is 12.8 Å². The van der Waals surface area contributed by atoms with Crippen LogP contribution in [0.15, 0.2) is 6.20 Å². The Balaban J connectivity index is 1.91. The van der Waals surface area contributed by atoms with Crippen molar-refractivity contribution in [2.45, 2.75) is 24.8 Å². The second kappa shape index (κ2) is 3.28. The van der Waals surface area contributed by atoms with E-state index in [2.05, 4.69) is 5.10 Å². The molecule has 2 fully saturated rings. The van der Waals surface area contributed by atoms with Gasteiger partial charge in [0, 0.05) is 5.92 Å². The Hall–Kier alpha value is -1.44. The number of rotatable bonds is 3. The normalized spacial score (nSPS) is 23.3. The van der Waals surface area contributed by atoms with Crippen LogP contribution in [0, 0.1) is 10.1 Å². The Morgan fingerprint density at radius 2 is 2.06 bits per heavy atom. The second-order valence-electron chi connectivity index (χ2n) is 4.64. The molecule has 0 amide bonds. The highest BCUT2D eigenvalue weighted by Crippen LogP contribution is 2.43. The highest BCUT2D eigenvalue weighted by Gasteiger charge is 2.39. The number of hydrogen-bond donors (Lipinski definition) is 0. The number of nitro groups is 1. The second-order valence-corrected chi connectivity index (χ2v) is 6.80. The number of aromatic nitrogens is 2. The van der Waals surface area contributed by atoms with Crippen LogP contribution in [0.2, 0.25) is 0 Å². The van der Waals surface area contributed by atoms with Crippen LogP contribution >= 0.6 is 0 Å². The van der Waals surface area contributed by atoms with Crippen molar-refractivity contribution in [1.29, 1.82) is 0 Å². The molecule has 17 heavy (non-hydrogen) atoms. The maximum Gasteiger partial charge on any atom is 0.310 e. The van der Waals surface area contributed by atoms with Crippen LogP contribution in [0.25, 0.3) is 0 Å². The van der Waals surface area contributed by atoms with E-state index in [0.29, 0.717) is 5.69 Å². The molecule has 0 spiro atoms. The molecule has 1 aromatic heterocycles. The summed E-state index contributed by atoms with van der Waals surface area (Å²) in [5.74, 6) is 0.264. The molecule has 0 atom stereocenters. The average molecular weight is 257 g/mol. The van der Waals surface area contributed by atoms with Crippen LogP contribution in [0.3, 0.4) is 0 Å². The lowest BCUT2D eigenvalue weighted by molar-refractivity contribution is -0.385. The van der Waals surface area contributed by atoms with Gasteiger partial charge in [0.2, 0.25) is 0 Å². The SMILES string of the molecule is O=[N+]([O-])c1cn(C2CS(=O)(=O)C2)nc1C1CC1. The molecule has 92 valence electrons. The van der Waals surface area contributed by atoms with Crippen LogP contribution < -0.4 is 0 Å². The smallest absolute Gasteiger partial charge is 0.260 e. The Kier molecular flexibility index (Phi) is 2.07. The lowest BCUT2D eigenvalue weighted by Gasteiger charge is -2.25. The summed E-state index contributed by atoms with van der Waals surface area (Å²) in [4.78, 5) is 10.4. The maximum absolute atomic E-state index is 11.1. The van der Waals surface area contributed by atoms with Crippen molar-refractivity contribution in [1.82, 2.24) is 9.78 Å². The zero-order valence-electron chi connectivity index (χ0n) is 8.94. The van der Waals surface area contributed by atoms with Gasteiger partial charge in [-0.2, -0.15) is 5.10 Å². The summed E-state index contributed by atoms with van der Waals surface area (Å²) < 4.78 is 23.6. The Morgan fingerprint density at radius 1 is 1.41 bits per heavy atom. The molecule has 0 bridgehead atoms. The maximum atomic E-state index is 11.1. The lowest BCUT2D eigenvalue weighted by Crippen LogP contribution is -2.38. The zero-order valence-corrected chi connectivity index (χ0v) is 9.76. The van der Waals surface area contributed by atoms with Gasteiger partial charge in [-0.3, -0.25) is 14.8 Å². The third-order valence-corrected chi connectivity index (χ3v) is 4.95. The summed E-state index contributed by atoms with van der Waals surface area (Å²) in [5, 5.41) is 15.0. The minimum atomic E-state index is -2.94. The molecule has 7 nitrogen and oxygen atoms in total. The minimum Gasteiger partial charge on any atom is -0.260 e. The summed E-state index contributed by atoms with van der Waals surface area (Å²) in [5.41, 5.74) is 0.538. The first-order chi connectivity index (χ1) is 7.96. The molecule has 0 radical (unpaired) electrons. The van der Waals surface area contributed by atoms with Gasteiger partial charge in [0.25, 0.3) is 0 Å². The first-order valence-corrected chi connectivity index (χ1v) is 7.22. The molecule has 0 aromatic carbocycles. The van der Waals surface area contributed by atoms with Crippen LogP contribution in [0.1, 0.15) is 30.5 Å². The third kappa shape index (κ3) is 1.82. The molecule has 1 aliphatic heterocycles. The Bertz CT molecular complexity index is 575. The van der Waals surface area contributed by atoms with Gasteiger partial charge in [-0.25, -0.2) is 8.42 Å². The van der Waals surface area contributed by atoms with Gasteiger partial charge in [0.15, 0.2) is 9.84 Å². The predicted molar refractivity (Wildman–Crippen MR) is 58.5 cm³/mol. The first kappa shape index (κ1) is 10.7. The van der Waals surface area contributed by atoms with Gasteiger partial charge in [0.1, 0.15) is 11.9 Å². The van der Waals surface area contributed by atoms with E-state index in [-0.39, 0.29) is 29.2 Å². The fourth-order valence-corrected chi connectivity index (χ4v) is 3.44. The molecule has 0 unspecified atom stereocenters.